The van der Waals surface area contributed by atoms with Crippen LogP contribution in [0.3, 0.4) is 0 Å². The number of nitrogens with zero attached hydrogens (tertiary/aromatic N) is 2. The van der Waals surface area contributed by atoms with Gasteiger partial charge in [-0.3, -0.25) is 4.90 Å². The Kier molecular flexibility index (Phi) is 4.76. The van der Waals surface area contributed by atoms with Crippen LogP contribution >= 0.6 is 0 Å². The number of hydrogen-bond donors (Lipinski definition) is 0. The molecule has 1 aromatic carbocycles. The highest BCUT2D eigenvalue weighted by Gasteiger charge is 2.36. The van der Waals surface area contributed by atoms with E-state index in [1.807, 2.05) is 26.0 Å². The van der Waals surface area contributed by atoms with E-state index < -0.39 is 19.9 Å². The van der Waals surface area contributed by atoms with Crippen LogP contribution in [0.25, 0.3) is 0 Å². The molecule has 2 heterocycles. The van der Waals surface area contributed by atoms with E-state index in [0.717, 1.165) is 11.1 Å². The second-order valence-corrected chi connectivity index (χ2v) is 10.9. The van der Waals surface area contributed by atoms with E-state index in [1.54, 1.807) is 6.07 Å². The highest BCUT2D eigenvalue weighted by Crippen LogP contribution is 2.24. The minimum Gasteiger partial charge on any atom is -0.297 e. The number of rotatable bonds is 3. The smallest absolute Gasteiger partial charge is 0.243 e. The van der Waals surface area contributed by atoms with Crippen LogP contribution in [0.1, 0.15) is 17.5 Å². The lowest BCUT2D eigenvalue weighted by atomic mass is 10.2. The molecule has 0 aliphatic carbocycles. The molecule has 2 fully saturated rings. The molecule has 2 saturated heterocycles. The van der Waals surface area contributed by atoms with Crippen molar-refractivity contribution < 1.29 is 16.8 Å². The topological polar surface area (TPSA) is 74.8 Å². The SMILES string of the molecule is Cc1ccc(C)c(S(=O)(=O)N2CCN([C@H]3CCS(=O)(=O)C3)CC2)c1. The predicted molar refractivity (Wildman–Crippen MR) is 93.3 cm³/mol. The number of benzene rings is 1. The maximum atomic E-state index is 12.9. The molecule has 0 unspecified atom stereocenters. The Labute approximate surface area is 144 Å². The van der Waals surface area contributed by atoms with Crippen molar-refractivity contribution in [2.24, 2.45) is 0 Å². The molecule has 0 N–H and O–H groups in total. The molecule has 8 heteroatoms. The molecule has 3 rings (SSSR count). The van der Waals surface area contributed by atoms with Crippen LogP contribution in [-0.2, 0) is 19.9 Å². The zero-order valence-electron chi connectivity index (χ0n) is 14.1. The minimum atomic E-state index is -3.50. The van der Waals surface area contributed by atoms with Crippen molar-refractivity contribution in [3.05, 3.63) is 29.3 Å². The molecule has 0 radical (unpaired) electrons. The average Bonchev–Trinajstić information content (AvgIpc) is 2.90. The Balaban J connectivity index is 1.71. The summed E-state index contributed by atoms with van der Waals surface area (Å²) >= 11 is 0. The van der Waals surface area contributed by atoms with Crippen molar-refractivity contribution in [1.29, 1.82) is 0 Å². The van der Waals surface area contributed by atoms with Crippen molar-refractivity contribution in [2.75, 3.05) is 37.7 Å². The van der Waals surface area contributed by atoms with Crippen molar-refractivity contribution in [3.8, 4) is 0 Å². The fraction of sp³-hybridized carbons (Fsp3) is 0.625. The largest absolute Gasteiger partial charge is 0.297 e. The molecule has 2 aliphatic rings. The van der Waals surface area contributed by atoms with Gasteiger partial charge in [0.1, 0.15) is 0 Å². The van der Waals surface area contributed by atoms with E-state index in [0.29, 0.717) is 37.5 Å². The minimum absolute atomic E-state index is 0.0422. The van der Waals surface area contributed by atoms with E-state index in [4.69, 9.17) is 0 Å². The van der Waals surface area contributed by atoms with Gasteiger partial charge in [0.15, 0.2) is 9.84 Å². The molecule has 0 spiro atoms. The number of hydrogen-bond acceptors (Lipinski definition) is 5. The van der Waals surface area contributed by atoms with E-state index in [1.165, 1.54) is 4.31 Å². The van der Waals surface area contributed by atoms with Crippen LogP contribution in [0.5, 0.6) is 0 Å². The summed E-state index contributed by atoms with van der Waals surface area (Å²) in [5.41, 5.74) is 1.68. The van der Waals surface area contributed by atoms with Crippen molar-refractivity contribution in [2.45, 2.75) is 31.2 Å². The van der Waals surface area contributed by atoms with Crippen molar-refractivity contribution >= 4 is 19.9 Å². The third kappa shape index (κ3) is 3.51. The Morgan fingerprint density at radius 3 is 2.33 bits per heavy atom. The van der Waals surface area contributed by atoms with E-state index in [-0.39, 0.29) is 17.5 Å². The summed E-state index contributed by atoms with van der Waals surface area (Å²) in [6, 6.07) is 5.51. The van der Waals surface area contributed by atoms with Crippen molar-refractivity contribution in [3.63, 3.8) is 0 Å². The van der Waals surface area contributed by atoms with Gasteiger partial charge < -0.3 is 0 Å². The highest BCUT2D eigenvalue weighted by molar-refractivity contribution is 7.91. The molecule has 134 valence electrons. The van der Waals surface area contributed by atoms with Gasteiger partial charge in [-0.2, -0.15) is 4.31 Å². The highest BCUT2D eigenvalue weighted by atomic mass is 32.2. The van der Waals surface area contributed by atoms with Gasteiger partial charge >= 0.3 is 0 Å². The normalized spacial score (nSPS) is 25.8. The van der Waals surface area contributed by atoms with Gasteiger partial charge in [0.25, 0.3) is 0 Å². The summed E-state index contributed by atoms with van der Waals surface area (Å²) in [4.78, 5) is 2.50. The zero-order chi connectivity index (χ0) is 17.5. The lowest BCUT2D eigenvalue weighted by Crippen LogP contribution is -2.52. The summed E-state index contributed by atoms with van der Waals surface area (Å²) in [7, 11) is -6.41. The van der Waals surface area contributed by atoms with Crippen LogP contribution in [0, 0.1) is 13.8 Å². The maximum Gasteiger partial charge on any atom is 0.243 e. The summed E-state index contributed by atoms with van der Waals surface area (Å²) in [6.07, 6.45) is 0.659. The monoisotopic (exact) mass is 372 g/mol. The quantitative estimate of drug-likeness (QED) is 0.784. The van der Waals surface area contributed by atoms with Gasteiger partial charge in [-0.05, 0) is 37.5 Å². The fourth-order valence-corrected chi connectivity index (χ4v) is 6.99. The summed E-state index contributed by atoms with van der Waals surface area (Å²) in [5.74, 6) is 0.454. The molecule has 6 nitrogen and oxygen atoms in total. The number of sulfone groups is 1. The Bertz CT molecular complexity index is 826. The first-order valence-corrected chi connectivity index (χ1v) is 11.5. The van der Waals surface area contributed by atoms with Gasteiger partial charge in [0, 0.05) is 32.2 Å². The number of aryl methyl sites for hydroxylation is 2. The first kappa shape index (κ1) is 17.8. The van der Waals surface area contributed by atoms with Crippen LogP contribution in [-0.4, -0.2) is 69.8 Å². The molecule has 24 heavy (non-hydrogen) atoms. The first-order chi connectivity index (χ1) is 11.2. The zero-order valence-corrected chi connectivity index (χ0v) is 15.7. The van der Waals surface area contributed by atoms with E-state index >= 15 is 0 Å². The molecule has 0 aromatic heterocycles. The third-order valence-corrected chi connectivity index (χ3v) is 8.75. The average molecular weight is 373 g/mol. The van der Waals surface area contributed by atoms with Crippen LogP contribution in [0.2, 0.25) is 0 Å². The molecule has 1 atom stereocenters. The first-order valence-electron chi connectivity index (χ1n) is 8.21. The summed E-state index contributed by atoms with van der Waals surface area (Å²) in [6.45, 7) is 5.69. The van der Waals surface area contributed by atoms with Crippen LogP contribution in [0.4, 0.5) is 0 Å². The van der Waals surface area contributed by atoms with Crippen LogP contribution < -0.4 is 0 Å². The number of sulfonamides is 1. The van der Waals surface area contributed by atoms with Gasteiger partial charge in [-0.15, -0.1) is 0 Å². The standard InChI is InChI=1S/C16H24N2O4S2/c1-13-3-4-14(2)16(11-13)24(21,22)18-8-6-17(7-9-18)15-5-10-23(19,20)12-15/h3-4,11,15H,5-10,12H2,1-2H3/t15-/m0/s1. The second kappa shape index (κ2) is 6.40. The fourth-order valence-electron chi connectivity index (χ4n) is 3.50. The van der Waals surface area contributed by atoms with Gasteiger partial charge in [0.2, 0.25) is 10.0 Å². The van der Waals surface area contributed by atoms with E-state index in [9.17, 15) is 16.8 Å². The summed E-state index contributed by atoms with van der Waals surface area (Å²) in [5, 5.41) is 0. The van der Waals surface area contributed by atoms with Gasteiger partial charge in [-0.25, -0.2) is 16.8 Å². The molecule has 0 saturated carbocycles. The lowest BCUT2D eigenvalue weighted by molar-refractivity contribution is 0.148. The van der Waals surface area contributed by atoms with E-state index in [2.05, 4.69) is 4.90 Å². The molecule has 0 amide bonds. The van der Waals surface area contributed by atoms with Gasteiger partial charge in [-0.1, -0.05) is 12.1 Å². The Morgan fingerprint density at radius 2 is 1.75 bits per heavy atom. The third-order valence-electron chi connectivity index (χ3n) is 4.96. The predicted octanol–water partition coefficient (Wildman–Crippen LogP) is 0.797. The molecule has 1 aromatic rings. The van der Waals surface area contributed by atoms with Gasteiger partial charge in [0.05, 0.1) is 16.4 Å². The van der Waals surface area contributed by atoms with Crippen LogP contribution in [0.15, 0.2) is 23.1 Å². The van der Waals surface area contributed by atoms with Crippen molar-refractivity contribution in [1.82, 2.24) is 9.21 Å². The molecule has 2 aliphatic heterocycles. The summed E-state index contributed by atoms with van der Waals surface area (Å²) < 4.78 is 50.6. The number of piperazine rings is 1. The second-order valence-electron chi connectivity index (χ2n) is 6.77. The Hall–Kier alpha value is -0.960. The Morgan fingerprint density at radius 1 is 1.08 bits per heavy atom. The maximum absolute atomic E-state index is 12.9. The lowest BCUT2D eigenvalue weighted by Gasteiger charge is -2.37. The molecular formula is C16H24N2O4S2. The molecular weight excluding hydrogens is 348 g/mol. The molecule has 0 bridgehead atoms.